The van der Waals surface area contributed by atoms with Crippen molar-refractivity contribution >= 4 is 35.6 Å². The number of hydrogen-bond acceptors (Lipinski definition) is 8. The molecule has 0 radical (unpaired) electrons. The summed E-state index contributed by atoms with van der Waals surface area (Å²) in [4.78, 5) is 70.2. The monoisotopic (exact) mass is 461 g/mol. The van der Waals surface area contributed by atoms with Gasteiger partial charge >= 0.3 is 11.9 Å². The molecule has 0 aliphatic heterocycles. The van der Waals surface area contributed by atoms with Crippen LogP contribution in [0, 0.1) is 5.92 Å². The van der Waals surface area contributed by atoms with Gasteiger partial charge in [-0.15, -0.1) is 0 Å². The van der Waals surface area contributed by atoms with Gasteiger partial charge in [0.25, 0.3) is 0 Å². The maximum atomic E-state index is 12.5. The van der Waals surface area contributed by atoms with Crippen LogP contribution < -0.4 is 27.4 Å². The SMILES string of the molecule is CCC(C)C(NC(=O)C(CO)NC(=O)C(CC(N)=O)NC(=O)C(N)CCC(=O)O)C(=O)O. The quantitative estimate of drug-likeness (QED) is 0.120. The molecule has 0 rings (SSSR count). The number of carboxylic acid groups (broad SMARTS) is 2. The molecular formula is C18H31N5O9. The Labute approximate surface area is 184 Å². The number of amides is 4. The van der Waals surface area contributed by atoms with Crippen LogP contribution >= 0.6 is 0 Å². The molecular weight excluding hydrogens is 430 g/mol. The Balaban J connectivity index is 5.28. The van der Waals surface area contributed by atoms with Crippen LogP contribution in [-0.2, 0) is 28.8 Å². The normalized spacial score (nSPS) is 15.4. The van der Waals surface area contributed by atoms with E-state index in [9.17, 15) is 39.0 Å². The third-order valence-electron chi connectivity index (χ3n) is 4.64. The van der Waals surface area contributed by atoms with E-state index in [1.54, 1.807) is 13.8 Å². The molecule has 0 aliphatic carbocycles. The lowest BCUT2D eigenvalue weighted by atomic mass is 9.99. The predicted octanol–water partition coefficient (Wildman–Crippen LogP) is -3.37. The molecule has 5 atom stereocenters. The van der Waals surface area contributed by atoms with E-state index in [4.69, 9.17) is 16.6 Å². The fourth-order valence-corrected chi connectivity index (χ4v) is 2.50. The van der Waals surface area contributed by atoms with E-state index in [0.717, 1.165) is 0 Å². The van der Waals surface area contributed by atoms with Gasteiger partial charge in [0, 0.05) is 6.42 Å². The summed E-state index contributed by atoms with van der Waals surface area (Å²) in [5.74, 6) is -6.89. The zero-order chi connectivity index (χ0) is 25.0. The van der Waals surface area contributed by atoms with Crippen molar-refractivity contribution in [2.75, 3.05) is 6.61 Å². The van der Waals surface area contributed by atoms with Crippen LogP contribution in [0.2, 0.25) is 0 Å². The van der Waals surface area contributed by atoms with Crippen molar-refractivity contribution in [2.24, 2.45) is 17.4 Å². The third-order valence-corrected chi connectivity index (χ3v) is 4.64. The molecule has 10 N–H and O–H groups in total. The lowest BCUT2D eigenvalue weighted by Crippen LogP contribution is -2.59. The van der Waals surface area contributed by atoms with Crippen LogP contribution in [0.15, 0.2) is 0 Å². The van der Waals surface area contributed by atoms with Crippen LogP contribution in [-0.4, -0.2) is 81.7 Å². The first-order valence-corrected chi connectivity index (χ1v) is 9.84. The Morgan fingerprint density at radius 2 is 1.44 bits per heavy atom. The summed E-state index contributed by atoms with van der Waals surface area (Å²) in [7, 11) is 0. The number of rotatable bonds is 15. The molecule has 0 spiro atoms. The largest absolute Gasteiger partial charge is 0.481 e. The molecule has 5 unspecified atom stereocenters. The summed E-state index contributed by atoms with van der Waals surface area (Å²) >= 11 is 0. The highest BCUT2D eigenvalue weighted by Crippen LogP contribution is 2.08. The van der Waals surface area contributed by atoms with Gasteiger partial charge in [-0.3, -0.25) is 24.0 Å². The second kappa shape index (κ2) is 13.9. The Morgan fingerprint density at radius 3 is 1.88 bits per heavy atom. The van der Waals surface area contributed by atoms with Gasteiger partial charge in [-0.25, -0.2) is 4.79 Å². The molecule has 4 amide bonds. The van der Waals surface area contributed by atoms with Gasteiger partial charge in [-0.05, 0) is 12.3 Å². The summed E-state index contributed by atoms with van der Waals surface area (Å²) in [5, 5.41) is 33.9. The minimum atomic E-state index is -1.58. The fourth-order valence-electron chi connectivity index (χ4n) is 2.50. The first-order chi connectivity index (χ1) is 14.8. The molecule has 0 saturated carbocycles. The minimum absolute atomic E-state index is 0.236. The average molecular weight is 461 g/mol. The number of carbonyl (C=O) groups excluding carboxylic acids is 4. The molecule has 0 aromatic heterocycles. The van der Waals surface area contributed by atoms with Gasteiger partial charge in [0.15, 0.2) is 0 Å². The minimum Gasteiger partial charge on any atom is -0.481 e. The first-order valence-electron chi connectivity index (χ1n) is 9.84. The summed E-state index contributed by atoms with van der Waals surface area (Å²) < 4.78 is 0. The number of carbonyl (C=O) groups is 6. The number of hydrogen-bond donors (Lipinski definition) is 8. The van der Waals surface area contributed by atoms with Gasteiger partial charge < -0.3 is 42.7 Å². The summed E-state index contributed by atoms with van der Waals surface area (Å²) in [6, 6.07) is -5.71. The number of aliphatic hydroxyl groups is 1. The molecule has 0 bridgehead atoms. The van der Waals surface area contributed by atoms with Crippen LogP contribution in [0.5, 0.6) is 0 Å². The number of nitrogens with two attached hydrogens (primary N) is 2. The van der Waals surface area contributed by atoms with E-state index >= 15 is 0 Å². The fraction of sp³-hybridized carbons (Fsp3) is 0.667. The predicted molar refractivity (Wildman–Crippen MR) is 109 cm³/mol. The highest BCUT2D eigenvalue weighted by atomic mass is 16.4. The van der Waals surface area contributed by atoms with E-state index in [1.165, 1.54) is 0 Å². The first kappa shape index (κ1) is 28.7. The Kier molecular flexibility index (Phi) is 12.5. The second-order valence-corrected chi connectivity index (χ2v) is 7.22. The molecule has 0 fully saturated rings. The van der Waals surface area contributed by atoms with Gasteiger partial charge in [-0.2, -0.15) is 0 Å². The molecule has 0 aromatic rings. The van der Waals surface area contributed by atoms with Crippen LogP contribution in [0.1, 0.15) is 39.5 Å². The number of aliphatic hydroxyl groups excluding tert-OH is 1. The van der Waals surface area contributed by atoms with Crippen molar-refractivity contribution in [3.63, 3.8) is 0 Å². The number of carboxylic acids is 2. The molecule has 0 saturated heterocycles. The van der Waals surface area contributed by atoms with Crippen molar-refractivity contribution < 1.29 is 44.1 Å². The zero-order valence-corrected chi connectivity index (χ0v) is 17.9. The average Bonchev–Trinajstić information content (AvgIpc) is 2.71. The van der Waals surface area contributed by atoms with Crippen LogP contribution in [0.25, 0.3) is 0 Å². The molecule has 0 aliphatic rings. The number of primary amides is 1. The topological polar surface area (TPSA) is 251 Å². The number of aliphatic carboxylic acids is 2. The number of nitrogens with one attached hydrogen (secondary N) is 3. The van der Waals surface area contributed by atoms with Gasteiger partial charge in [-0.1, -0.05) is 20.3 Å². The zero-order valence-electron chi connectivity index (χ0n) is 17.9. The van der Waals surface area contributed by atoms with E-state index in [-0.39, 0.29) is 6.42 Å². The van der Waals surface area contributed by atoms with E-state index < -0.39 is 85.1 Å². The third kappa shape index (κ3) is 10.2. The van der Waals surface area contributed by atoms with Crippen LogP contribution in [0.4, 0.5) is 0 Å². The molecule has 14 nitrogen and oxygen atoms in total. The van der Waals surface area contributed by atoms with Gasteiger partial charge in [0.2, 0.25) is 23.6 Å². The Bertz CT molecular complexity index is 715. The molecule has 32 heavy (non-hydrogen) atoms. The van der Waals surface area contributed by atoms with Crippen LogP contribution in [0.3, 0.4) is 0 Å². The lowest BCUT2D eigenvalue weighted by molar-refractivity contribution is -0.144. The van der Waals surface area contributed by atoms with Crippen molar-refractivity contribution in [1.82, 2.24) is 16.0 Å². The summed E-state index contributed by atoms with van der Waals surface area (Å²) in [5.41, 5.74) is 10.6. The maximum absolute atomic E-state index is 12.5. The van der Waals surface area contributed by atoms with Crippen molar-refractivity contribution in [3.05, 3.63) is 0 Å². The van der Waals surface area contributed by atoms with Crippen molar-refractivity contribution in [2.45, 2.75) is 63.7 Å². The summed E-state index contributed by atoms with van der Waals surface area (Å²) in [6.07, 6.45) is -0.884. The second-order valence-electron chi connectivity index (χ2n) is 7.22. The molecule has 14 heteroatoms. The molecule has 0 heterocycles. The highest BCUT2D eigenvalue weighted by molar-refractivity contribution is 5.96. The molecule has 0 aromatic carbocycles. The highest BCUT2D eigenvalue weighted by Gasteiger charge is 2.32. The van der Waals surface area contributed by atoms with E-state index in [2.05, 4.69) is 16.0 Å². The van der Waals surface area contributed by atoms with E-state index in [1.807, 2.05) is 0 Å². The van der Waals surface area contributed by atoms with E-state index in [0.29, 0.717) is 6.42 Å². The van der Waals surface area contributed by atoms with Gasteiger partial charge in [0.1, 0.15) is 18.1 Å². The standard InChI is InChI=1S/C18H31N5O9/c1-3-8(2)14(18(31)32)23-17(30)11(7-24)22-16(29)10(6-12(20)25)21-15(28)9(19)4-5-13(26)27/h8-11,14,24H,3-7,19H2,1-2H3,(H2,20,25)(H,21,28)(H,22,29)(H,23,30)(H,26,27)(H,31,32). The Hall–Kier alpha value is -3.26. The smallest absolute Gasteiger partial charge is 0.326 e. The maximum Gasteiger partial charge on any atom is 0.326 e. The van der Waals surface area contributed by atoms with Crippen molar-refractivity contribution in [3.8, 4) is 0 Å². The van der Waals surface area contributed by atoms with Gasteiger partial charge in [0.05, 0.1) is 19.1 Å². The Morgan fingerprint density at radius 1 is 0.906 bits per heavy atom. The molecule has 182 valence electrons. The summed E-state index contributed by atoms with van der Waals surface area (Å²) in [6.45, 7) is 2.41. The van der Waals surface area contributed by atoms with Crippen molar-refractivity contribution in [1.29, 1.82) is 0 Å². The lowest BCUT2D eigenvalue weighted by Gasteiger charge is -2.25.